The van der Waals surface area contributed by atoms with Gasteiger partial charge in [0, 0.05) is 30.9 Å². The number of likely N-dealkylation sites (N-methyl/N-ethyl adjacent to an activating group) is 1. The van der Waals surface area contributed by atoms with Crippen molar-refractivity contribution in [1.82, 2.24) is 10.2 Å². The molecule has 35 heavy (non-hydrogen) atoms. The van der Waals surface area contributed by atoms with Gasteiger partial charge < -0.3 is 10.2 Å². The molecule has 0 heterocycles. The standard InChI is InChI=1S/C30H35BrN2O2/c1-30(2,3)25-15-10-22(11-16-25)14-19-28(34)33(21-24-12-17-26(31)18-13-24)27(29(35)32-4)20-23-8-6-5-7-9-23/h5-13,15-18,27H,14,19-21H2,1-4H3,(H,32,35)/t27-/m0/s1. The van der Waals surface area contributed by atoms with Crippen LogP contribution in [0.3, 0.4) is 0 Å². The molecule has 0 saturated carbocycles. The number of amides is 2. The SMILES string of the molecule is CNC(=O)[C@H](Cc1ccccc1)N(Cc1ccc(Br)cc1)C(=O)CCc1ccc(C(C)(C)C)cc1. The van der Waals surface area contributed by atoms with Crippen LogP contribution in [0.2, 0.25) is 0 Å². The summed E-state index contributed by atoms with van der Waals surface area (Å²) in [5.74, 6) is -0.189. The maximum absolute atomic E-state index is 13.6. The molecule has 5 heteroatoms. The molecule has 3 aromatic carbocycles. The molecule has 0 bridgehead atoms. The highest BCUT2D eigenvalue weighted by Crippen LogP contribution is 2.23. The van der Waals surface area contributed by atoms with Gasteiger partial charge in [0.2, 0.25) is 11.8 Å². The largest absolute Gasteiger partial charge is 0.357 e. The first-order valence-electron chi connectivity index (χ1n) is 12.1. The molecule has 0 aliphatic carbocycles. The van der Waals surface area contributed by atoms with Crippen molar-refractivity contribution in [1.29, 1.82) is 0 Å². The van der Waals surface area contributed by atoms with E-state index in [2.05, 4.69) is 66.3 Å². The number of nitrogens with zero attached hydrogens (tertiary/aromatic N) is 1. The molecule has 0 aliphatic rings. The van der Waals surface area contributed by atoms with Crippen LogP contribution in [-0.2, 0) is 34.4 Å². The minimum Gasteiger partial charge on any atom is -0.357 e. The lowest BCUT2D eigenvalue weighted by Crippen LogP contribution is -2.49. The average Bonchev–Trinajstić information content (AvgIpc) is 2.85. The Hall–Kier alpha value is -2.92. The van der Waals surface area contributed by atoms with E-state index in [0.29, 0.717) is 25.8 Å². The van der Waals surface area contributed by atoms with Gasteiger partial charge in [0.15, 0.2) is 0 Å². The van der Waals surface area contributed by atoms with E-state index in [9.17, 15) is 9.59 Å². The number of benzene rings is 3. The van der Waals surface area contributed by atoms with Gasteiger partial charge in [-0.05, 0) is 46.2 Å². The first-order valence-corrected chi connectivity index (χ1v) is 12.9. The Morgan fingerprint density at radius 1 is 0.857 bits per heavy atom. The predicted octanol–water partition coefficient (Wildman–Crippen LogP) is 6.07. The van der Waals surface area contributed by atoms with Crippen molar-refractivity contribution >= 4 is 27.7 Å². The summed E-state index contributed by atoms with van der Waals surface area (Å²) in [7, 11) is 1.62. The Balaban J connectivity index is 1.83. The topological polar surface area (TPSA) is 49.4 Å². The summed E-state index contributed by atoms with van der Waals surface area (Å²) in [6.07, 6.45) is 1.43. The monoisotopic (exact) mass is 534 g/mol. The summed E-state index contributed by atoms with van der Waals surface area (Å²) in [5.41, 5.74) is 4.49. The van der Waals surface area contributed by atoms with Gasteiger partial charge >= 0.3 is 0 Å². The third kappa shape index (κ3) is 7.79. The van der Waals surface area contributed by atoms with Crippen LogP contribution in [0.4, 0.5) is 0 Å². The number of carbonyl (C=O) groups excluding carboxylic acids is 2. The second-order valence-electron chi connectivity index (χ2n) is 9.91. The second-order valence-corrected chi connectivity index (χ2v) is 10.8. The van der Waals surface area contributed by atoms with E-state index < -0.39 is 6.04 Å². The van der Waals surface area contributed by atoms with E-state index in [1.807, 2.05) is 54.6 Å². The molecular formula is C30H35BrN2O2. The van der Waals surface area contributed by atoms with Gasteiger partial charge in [0.1, 0.15) is 6.04 Å². The van der Waals surface area contributed by atoms with Gasteiger partial charge in [-0.15, -0.1) is 0 Å². The molecule has 2 amide bonds. The van der Waals surface area contributed by atoms with Crippen LogP contribution in [0.15, 0.2) is 83.3 Å². The van der Waals surface area contributed by atoms with Gasteiger partial charge in [-0.2, -0.15) is 0 Å². The molecular weight excluding hydrogens is 500 g/mol. The van der Waals surface area contributed by atoms with E-state index in [1.54, 1.807) is 11.9 Å². The Labute approximate surface area is 217 Å². The lowest BCUT2D eigenvalue weighted by molar-refractivity contribution is -0.141. The van der Waals surface area contributed by atoms with Crippen molar-refractivity contribution in [3.63, 3.8) is 0 Å². The molecule has 0 radical (unpaired) electrons. The Morgan fingerprint density at radius 2 is 1.46 bits per heavy atom. The summed E-state index contributed by atoms with van der Waals surface area (Å²) in [4.78, 5) is 28.3. The number of carbonyl (C=O) groups is 2. The molecule has 0 aromatic heterocycles. The molecule has 3 rings (SSSR count). The van der Waals surface area contributed by atoms with Gasteiger partial charge in [-0.3, -0.25) is 9.59 Å². The summed E-state index contributed by atoms with van der Waals surface area (Å²) in [6, 6.07) is 25.6. The Morgan fingerprint density at radius 3 is 2.03 bits per heavy atom. The number of nitrogens with one attached hydrogen (secondary N) is 1. The number of hydrogen-bond donors (Lipinski definition) is 1. The van der Waals surface area contributed by atoms with Crippen LogP contribution >= 0.6 is 15.9 Å². The molecule has 4 nitrogen and oxygen atoms in total. The van der Waals surface area contributed by atoms with E-state index in [-0.39, 0.29) is 17.2 Å². The van der Waals surface area contributed by atoms with Gasteiger partial charge in [-0.25, -0.2) is 0 Å². The Kier molecular flexibility index (Phi) is 9.27. The molecule has 0 fully saturated rings. The minimum absolute atomic E-state index is 0.0302. The number of hydrogen-bond acceptors (Lipinski definition) is 2. The maximum atomic E-state index is 13.6. The smallest absolute Gasteiger partial charge is 0.242 e. The Bertz CT molecular complexity index is 1100. The van der Waals surface area contributed by atoms with Crippen LogP contribution in [0.25, 0.3) is 0 Å². The maximum Gasteiger partial charge on any atom is 0.242 e. The third-order valence-corrected chi connectivity index (χ3v) is 6.76. The van der Waals surface area contributed by atoms with Crippen LogP contribution in [0.5, 0.6) is 0 Å². The fourth-order valence-corrected chi connectivity index (χ4v) is 4.34. The summed E-state index contributed by atoms with van der Waals surface area (Å²) in [6.45, 7) is 6.95. The second kappa shape index (κ2) is 12.2. The van der Waals surface area contributed by atoms with Crippen molar-refractivity contribution < 1.29 is 9.59 Å². The molecule has 184 valence electrons. The predicted molar refractivity (Wildman–Crippen MR) is 146 cm³/mol. The van der Waals surface area contributed by atoms with Crippen LogP contribution < -0.4 is 5.32 Å². The molecule has 0 unspecified atom stereocenters. The van der Waals surface area contributed by atoms with Gasteiger partial charge in [0.05, 0.1) is 0 Å². The van der Waals surface area contributed by atoms with Crippen LogP contribution in [-0.4, -0.2) is 29.8 Å². The first-order chi connectivity index (χ1) is 16.7. The quantitative estimate of drug-likeness (QED) is 0.362. The molecule has 1 N–H and O–H groups in total. The van der Waals surface area contributed by atoms with Crippen molar-refractivity contribution in [2.75, 3.05) is 7.05 Å². The zero-order chi connectivity index (χ0) is 25.4. The third-order valence-electron chi connectivity index (χ3n) is 6.23. The van der Waals surface area contributed by atoms with Gasteiger partial charge in [-0.1, -0.05) is 103 Å². The lowest BCUT2D eigenvalue weighted by Gasteiger charge is -2.31. The first kappa shape index (κ1) is 26.7. The molecule has 0 spiro atoms. The van der Waals surface area contributed by atoms with Gasteiger partial charge in [0.25, 0.3) is 0 Å². The van der Waals surface area contributed by atoms with Crippen molar-refractivity contribution in [3.8, 4) is 0 Å². The van der Waals surface area contributed by atoms with E-state index in [4.69, 9.17) is 0 Å². The normalized spacial score (nSPS) is 12.1. The van der Waals surface area contributed by atoms with E-state index in [0.717, 1.165) is 21.2 Å². The highest BCUT2D eigenvalue weighted by atomic mass is 79.9. The van der Waals surface area contributed by atoms with Crippen LogP contribution in [0, 0.1) is 0 Å². The molecule has 1 atom stereocenters. The zero-order valence-electron chi connectivity index (χ0n) is 21.1. The molecule has 0 saturated heterocycles. The fourth-order valence-electron chi connectivity index (χ4n) is 4.07. The molecule has 0 aliphatic heterocycles. The van der Waals surface area contributed by atoms with Crippen molar-refractivity contribution in [2.45, 2.75) is 58.0 Å². The summed E-state index contributed by atoms with van der Waals surface area (Å²) < 4.78 is 0.977. The highest BCUT2D eigenvalue weighted by molar-refractivity contribution is 9.10. The fraction of sp³-hybridized carbons (Fsp3) is 0.333. The van der Waals surface area contributed by atoms with Crippen LogP contribution in [0.1, 0.15) is 49.4 Å². The zero-order valence-corrected chi connectivity index (χ0v) is 22.6. The molecule has 3 aromatic rings. The lowest BCUT2D eigenvalue weighted by atomic mass is 9.86. The van der Waals surface area contributed by atoms with E-state index >= 15 is 0 Å². The summed E-state index contributed by atoms with van der Waals surface area (Å²) in [5, 5.41) is 2.77. The van der Waals surface area contributed by atoms with Crippen molar-refractivity contribution in [2.24, 2.45) is 0 Å². The average molecular weight is 536 g/mol. The minimum atomic E-state index is -0.596. The number of halogens is 1. The number of aryl methyl sites for hydroxylation is 1. The van der Waals surface area contributed by atoms with Crippen molar-refractivity contribution in [3.05, 3.63) is 106 Å². The summed E-state index contributed by atoms with van der Waals surface area (Å²) >= 11 is 3.47. The highest BCUT2D eigenvalue weighted by Gasteiger charge is 2.29. The number of rotatable bonds is 9. The van der Waals surface area contributed by atoms with E-state index in [1.165, 1.54) is 5.56 Å².